The fraction of sp³-hybridized carbons (Fsp3) is 0.420. The molecule has 17 heteroatoms. The van der Waals surface area contributed by atoms with Crippen molar-refractivity contribution >= 4 is 57.2 Å². The van der Waals surface area contributed by atoms with Crippen LogP contribution in [0.4, 0.5) is 0 Å². The Morgan fingerprint density at radius 1 is 0.761 bits per heavy atom. The van der Waals surface area contributed by atoms with Gasteiger partial charge in [-0.1, -0.05) is 61.4 Å². The summed E-state index contributed by atoms with van der Waals surface area (Å²) in [6.07, 6.45) is 5.69. The topological polar surface area (TPSA) is 248 Å². The summed E-state index contributed by atoms with van der Waals surface area (Å²) in [6, 6.07) is 17.6. The van der Waals surface area contributed by atoms with Crippen LogP contribution in [0.5, 0.6) is 0 Å². The fourth-order valence-electron chi connectivity index (χ4n) is 10.4. The highest BCUT2D eigenvalue weighted by Crippen LogP contribution is 2.32. The molecule has 0 radical (unpaired) electrons. The first kappa shape index (κ1) is 45.1. The van der Waals surface area contributed by atoms with Crippen LogP contribution in [-0.2, 0) is 53.0 Å². The molecule has 4 aliphatic rings. The van der Waals surface area contributed by atoms with E-state index in [0.29, 0.717) is 31.2 Å². The van der Waals surface area contributed by atoms with Gasteiger partial charge >= 0.3 is 0 Å². The van der Waals surface area contributed by atoms with Gasteiger partial charge in [-0.2, -0.15) is 5.26 Å². The normalized spacial score (nSPS) is 25.5. The number of fused-ring (bicyclic) bond motifs is 4. The molecule has 1 unspecified atom stereocenters. The summed E-state index contributed by atoms with van der Waals surface area (Å²) >= 11 is 0. The second-order valence-electron chi connectivity index (χ2n) is 18.5. The summed E-state index contributed by atoms with van der Waals surface area (Å²) in [5, 5.41) is 23.1. The molecule has 0 bridgehead atoms. The molecule has 67 heavy (non-hydrogen) atoms. The van der Waals surface area contributed by atoms with Crippen molar-refractivity contribution in [1.82, 2.24) is 41.0 Å². The van der Waals surface area contributed by atoms with Crippen molar-refractivity contribution in [3.63, 3.8) is 0 Å². The van der Waals surface area contributed by atoms with Crippen LogP contribution in [-0.4, -0.2) is 116 Å². The Morgan fingerprint density at radius 2 is 1.42 bits per heavy atom. The average molecular weight is 909 g/mol. The van der Waals surface area contributed by atoms with Gasteiger partial charge in [0.15, 0.2) is 0 Å². The third-order valence-corrected chi connectivity index (χ3v) is 14.0. The van der Waals surface area contributed by atoms with Crippen LogP contribution in [0.15, 0.2) is 85.2 Å². The Kier molecular flexibility index (Phi) is 12.8. The standard InChI is InChI=1S/C50H56N10O7/c1-29(52)43-48(65)59-19-9-16-41(59)47(64)60-27-34(67-28-31-11-8-10-30(20-31)24-51)23-42(60)46(63)55-40(22-33-26-54-38-15-5-3-13-36(33)38)45(62)58-50(17-6-7-18-50)49(66)56-39(44(61)57-43)21-32-25-53-37-14-4-2-12-35(32)37/h2-5,8,10-15,20,25-26,29,34,39-43,53-54H,6-7,9,16-19,21-23,27-28,52H2,1H3,(H,55,63)(H,56,66)(H,57,61)(H,58,62)/t29?,34-,39+,40+,41-,42+,43+/m1/s1. The first-order valence-corrected chi connectivity index (χ1v) is 23.2. The third-order valence-electron chi connectivity index (χ3n) is 14.0. The molecule has 348 valence electrons. The number of H-pyrrole nitrogens is 2. The third kappa shape index (κ3) is 9.23. The molecule has 7 atom stereocenters. The molecule has 6 amide bonds. The van der Waals surface area contributed by atoms with Crippen molar-refractivity contribution in [3.8, 4) is 6.07 Å². The minimum atomic E-state index is -1.44. The number of hydrogen-bond donors (Lipinski definition) is 7. The predicted molar refractivity (Wildman–Crippen MR) is 247 cm³/mol. The van der Waals surface area contributed by atoms with Gasteiger partial charge in [0.05, 0.1) is 24.3 Å². The highest BCUT2D eigenvalue weighted by molar-refractivity contribution is 6.00. The van der Waals surface area contributed by atoms with Gasteiger partial charge < -0.3 is 51.5 Å². The largest absolute Gasteiger partial charge is 0.372 e. The maximum Gasteiger partial charge on any atom is 0.247 e. The van der Waals surface area contributed by atoms with Crippen molar-refractivity contribution in [2.75, 3.05) is 13.1 Å². The quantitative estimate of drug-likeness (QED) is 0.121. The number of nitriles is 1. The molecule has 5 heterocycles. The molecule has 5 aromatic rings. The summed E-state index contributed by atoms with van der Waals surface area (Å²) in [6.45, 7) is 1.93. The maximum atomic E-state index is 14.9. The van der Waals surface area contributed by atoms with Crippen LogP contribution < -0.4 is 27.0 Å². The summed E-state index contributed by atoms with van der Waals surface area (Å²) in [7, 11) is 0. The van der Waals surface area contributed by atoms with Gasteiger partial charge in [0.1, 0.15) is 35.7 Å². The van der Waals surface area contributed by atoms with Crippen molar-refractivity contribution in [2.24, 2.45) is 5.73 Å². The van der Waals surface area contributed by atoms with E-state index >= 15 is 0 Å². The zero-order valence-electron chi connectivity index (χ0n) is 37.4. The second-order valence-corrected chi connectivity index (χ2v) is 18.5. The lowest BCUT2D eigenvalue weighted by Gasteiger charge is -2.36. The second kappa shape index (κ2) is 19.1. The van der Waals surface area contributed by atoms with Crippen LogP contribution in [0.25, 0.3) is 21.8 Å². The predicted octanol–water partition coefficient (Wildman–Crippen LogP) is 2.73. The first-order chi connectivity index (χ1) is 32.4. The molecule has 17 nitrogen and oxygen atoms in total. The smallest absolute Gasteiger partial charge is 0.247 e. The fourth-order valence-corrected chi connectivity index (χ4v) is 10.4. The number of aromatic amines is 2. The number of benzene rings is 3. The SMILES string of the molecule is CC(N)[C@@H]1NC(=O)[C@H](Cc2c[nH]c3ccccc23)NC(=O)C2(CCCC2)NC(=O)[C@H](Cc2c[nH]c3ccccc23)NC(=O)[C@@H]2C[C@@H](OCc3cccc(C#N)c3)CN2C(=O)[C@H]2CCCN2C1=O. The van der Waals surface area contributed by atoms with Crippen LogP contribution in [0.1, 0.15) is 74.1 Å². The molecular weight excluding hydrogens is 853 g/mol. The number of para-hydroxylation sites is 2. The van der Waals surface area contributed by atoms with Crippen molar-refractivity contribution in [3.05, 3.63) is 107 Å². The zero-order valence-corrected chi connectivity index (χ0v) is 37.4. The Morgan fingerprint density at radius 3 is 2.07 bits per heavy atom. The van der Waals surface area contributed by atoms with Gasteiger partial charge in [0, 0.05) is 72.6 Å². The molecule has 1 spiro atoms. The van der Waals surface area contributed by atoms with Crippen LogP contribution >= 0.6 is 0 Å². The van der Waals surface area contributed by atoms with Crippen LogP contribution in [0.3, 0.4) is 0 Å². The number of aromatic nitrogens is 2. The van der Waals surface area contributed by atoms with Crippen molar-refractivity contribution < 1.29 is 33.5 Å². The summed E-state index contributed by atoms with van der Waals surface area (Å²) in [5.74, 6) is -3.42. The number of amides is 6. The number of carbonyl (C=O) groups excluding carboxylic acids is 6. The number of rotatable bonds is 8. The molecule has 9 rings (SSSR count). The maximum absolute atomic E-state index is 14.9. The number of nitrogens with one attached hydrogen (secondary N) is 6. The van der Waals surface area contributed by atoms with Crippen LogP contribution in [0, 0.1) is 11.3 Å². The lowest BCUT2D eigenvalue weighted by molar-refractivity contribution is -0.148. The zero-order chi connectivity index (χ0) is 46.8. The minimum absolute atomic E-state index is 0.0129. The van der Waals surface area contributed by atoms with Crippen LogP contribution in [0.2, 0.25) is 0 Å². The molecule has 4 fully saturated rings. The molecule has 1 saturated carbocycles. The Labute approximate surface area is 387 Å². The van der Waals surface area contributed by atoms with Gasteiger partial charge in [0.2, 0.25) is 35.4 Å². The van der Waals surface area contributed by atoms with E-state index in [2.05, 4.69) is 37.3 Å². The molecular formula is C50H56N10O7. The lowest BCUT2D eigenvalue weighted by Crippen LogP contribution is -2.66. The Hall–Kier alpha value is -7.03. The molecule has 3 aliphatic heterocycles. The minimum Gasteiger partial charge on any atom is -0.372 e. The van der Waals surface area contributed by atoms with Crippen molar-refractivity contribution in [1.29, 1.82) is 5.26 Å². The summed E-state index contributed by atoms with van der Waals surface area (Å²) < 4.78 is 6.33. The number of ether oxygens (including phenoxy) is 1. The van der Waals surface area contributed by atoms with Gasteiger partial charge in [-0.25, -0.2) is 0 Å². The van der Waals surface area contributed by atoms with E-state index < -0.39 is 83.3 Å². The monoisotopic (exact) mass is 908 g/mol. The molecule has 2 aromatic heterocycles. The van der Waals surface area contributed by atoms with E-state index in [9.17, 15) is 34.0 Å². The van der Waals surface area contributed by atoms with E-state index in [4.69, 9.17) is 10.5 Å². The van der Waals surface area contributed by atoms with E-state index in [0.717, 1.165) is 38.5 Å². The van der Waals surface area contributed by atoms with E-state index in [1.165, 1.54) is 9.80 Å². The Bertz CT molecular complexity index is 2750. The molecule has 3 aromatic carbocycles. The van der Waals surface area contributed by atoms with E-state index in [-0.39, 0.29) is 51.8 Å². The number of nitrogens with zero attached hydrogens (tertiary/aromatic N) is 3. The van der Waals surface area contributed by atoms with Gasteiger partial charge in [-0.05, 0) is 73.6 Å². The highest BCUT2D eigenvalue weighted by atomic mass is 16.5. The number of carbonyl (C=O) groups is 6. The van der Waals surface area contributed by atoms with E-state index in [1.807, 2.05) is 54.6 Å². The van der Waals surface area contributed by atoms with E-state index in [1.54, 1.807) is 37.5 Å². The summed E-state index contributed by atoms with van der Waals surface area (Å²) in [4.78, 5) is 98.3. The highest BCUT2D eigenvalue weighted by Gasteiger charge is 2.49. The average Bonchev–Trinajstić information content (AvgIpc) is 4.20. The van der Waals surface area contributed by atoms with Gasteiger partial charge in [0.25, 0.3) is 0 Å². The lowest BCUT2D eigenvalue weighted by atomic mass is 9.93. The molecule has 1 aliphatic carbocycles. The Balaban J connectivity index is 1.09. The number of hydrogen-bond acceptors (Lipinski definition) is 9. The molecule has 3 saturated heterocycles. The first-order valence-electron chi connectivity index (χ1n) is 23.2. The molecule has 8 N–H and O–H groups in total. The number of nitrogens with two attached hydrogens (primary N) is 1. The van der Waals surface area contributed by atoms with Gasteiger partial charge in [-0.15, -0.1) is 0 Å². The van der Waals surface area contributed by atoms with Gasteiger partial charge in [-0.3, -0.25) is 28.8 Å². The van der Waals surface area contributed by atoms with Crippen molar-refractivity contribution in [2.45, 2.75) is 119 Å². The summed E-state index contributed by atoms with van der Waals surface area (Å²) in [5.41, 5.74) is 9.41.